The minimum Gasteiger partial charge on any atom is -0.393 e. The van der Waals surface area contributed by atoms with Crippen molar-refractivity contribution in [2.75, 3.05) is 0 Å². The van der Waals surface area contributed by atoms with Gasteiger partial charge >= 0.3 is 0 Å². The van der Waals surface area contributed by atoms with Gasteiger partial charge in [-0.2, -0.15) is 0 Å². The number of aliphatic hydroxyl groups excluding tert-OH is 1. The van der Waals surface area contributed by atoms with Crippen LogP contribution < -0.4 is 0 Å². The van der Waals surface area contributed by atoms with Crippen molar-refractivity contribution >= 4 is 0 Å². The summed E-state index contributed by atoms with van der Waals surface area (Å²) in [7, 11) is 0. The molecule has 150 valence electrons. The summed E-state index contributed by atoms with van der Waals surface area (Å²) >= 11 is 0. The van der Waals surface area contributed by atoms with Gasteiger partial charge in [0.15, 0.2) is 0 Å². The van der Waals surface area contributed by atoms with Crippen molar-refractivity contribution in [2.24, 2.45) is 0 Å². The number of unbranched alkanes of at least 4 members (excludes halogenated alkanes) is 16. The molecule has 1 N–H and O–H groups in total. The average molecular weight is 353 g/mol. The average Bonchev–Trinajstić information content (AvgIpc) is 2.60. The molecule has 0 rings (SSSR count). The molecule has 1 unspecified atom stereocenters. The Kier molecular flexibility index (Phi) is 21.5. The molecule has 0 aliphatic rings. The van der Waals surface area contributed by atoms with Gasteiger partial charge in [-0.05, 0) is 39.0 Å². The van der Waals surface area contributed by atoms with Crippen LogP contribution in [0, 0.1) is 0 Å². The Balaban J connectivity index is 3.05. The van der Waals surface area contributed by atoms with Crippen molar-refractivity contribution in [1.82, 2.24) is 0 Å². The van der Waals surface area contributed by atoms with Crippen molar-refractivity contribution in [3.63, 3.8) is 0 Å². The lowest BCUT2D eigenvalue weighted by atomic mass is 10.0. The van der Waals surface area contributed by atoms with Crippen LogP contribution in [0.15, 0.2) is 12.2 Å². The fraction of sp³-hybridized carbons (Fsp3) is 0.917. The summed E-state index contributed by atoms with van der Waals surface area (Å²) < 4.78 is 0. The highest BCUT2D eigenvalue weighted by molar-refractivity contribution is 4.81. The van der Waals surface area contributed by atoms with Crippen LogP contribution >= 0.6 is 0 Å². The first-order valence-corrected chi connectivity index (χ1v) is 11.6. The van der Waals surface area contributed by atoms with Crippen molar-refractivity contribution < 1.29 is 5.11 Å². The largest absolute Gasteiger partial charge is 0.393 e. The van der Waals surface area contributed by atoms with E-state index in [2.05, 4.69) is 19.1 Å². The molecule has 0 saturated heterocycles. The van der Waals surface area contributed by atoms with Gasteiger partial charge in [-0.15, -0.1) is 0 Å². The summed E-state index contributed by atoms with van der Waals surface area (Å²) in [5.41, 5.74) is 0. The molecule has 0 fully saturated rings. The molecule has 0 aromatic rings. The molecule has 1 heteroatoms. The first-order valence-electron chi connectivity index (χ1n) is 11.6. The molecule has 0 saturated carbocycles. The highest BCUT2D eigenvalue weighted by atomic mass is 16.3. The Morgan fingerprint density at radius 3 is 1.32 bits per heavy atom. The van der Waals surface area contributed by atoms with Crippen molar-refractivity contribution in [3.8, 4) is 0 Å². The van der Waals surface area contributed by atoms with Gasteiger partial charge in [-0.3, -0.25) is 0 Å². The van der Waals surface area contributed by atoms with Gasteiger partial charge in [-0.1, -0.05) is 109 Å². The van der Waals surface area contributed by atoms with E-state index in [1.807, 2.05) is 6.92 Å². The fourth-order valence-corrected chi connectivity index (χ4v) is 3.39. The van der Waals surface area contributed by atoms with Crippen LogP contribution in [0.2, 0.25) is 0 Å². The molecule has 0 radical (unpaired) electrons. The Morgan fingerprint density at radius 1 is 0.560 bits per heavy atom. The van der Waals surface area contributed by atoms with E-state index in [9.17, 15) is 5.11 Å². The normalized spacial score (nSPS) is 12.9. The van der Waals surface area contributed by atoms with Crippen LogP contribution in [0.3, 0.4) is 0 Å². The van der Waals surface area contributed by atoms with E-state index < -0.39 is 0 Å². The third-order valence-electron chi connectivity index (χ3n) is 5.13. The van der Waals surface area contributed by atoms with Crippen LogP contribution in [0.25, 0.3) is 0 Å². The van der Waals surface area contributed by atoms with Gasteiger partial charge in [0.1, 0.15) is 0 Å². The second-order valence-corrected chi connectivity index (χ2v) is 7.99. The van der Waals surface area contributed by atoms with E-state index >= 15 is 0 Å². The maximum atomic E-state index is 9.20. The molecule has 1 nitrogen and oxygen atoms in total. The van der Waals surface area contributed by atoms with Crippen molar-refractivity contribution in [3.05, 3.63) is 12.2 Å². The molecule has 0 bridgehead atoms. The van der Waals surface area contributed by atoms with Crippen molar-refractivity contribution in [1.29, 1.82) is 0 Å². The third kappa shape index (κ3) is 23.7. The maximum absolute atomic E-state index is 9.20. The number of hydrogen-bond acceptors (Lipinski definition) is 1. The highest BCUT2D eigenvalue weighted by Crippen LogP contribution is 2.13. The maximum Gasteiger partial charge on any atom is 0.0512 e. The second kappa shape index (κ2) is 21.7. The monoisotopic (exact) mass is 352 g/mol. The first kappa shape index (κ1) is 24.7. The molecule has 0 heterocycles. The van der Waals surface area contributed by atoms with Gasteiger partial charge < -0.3 is 5.11 Å². The number of allylic oxidation sites excluding steroid dienone is 2. The lowest BCUT2D eigenvalue weighted by Crippen LogP contribution is -1.98. The van der Waals surface area contributed by atoms with Crippen LogP contribution in [-0.2, 0) is 0 Å². The predicted molar refractivity (Wildman–Crippen MR) is 114 cm³/mol. The number of aliphatic hydroxyl groups is 1. The highest BCUT2D eigenvalue weighted by Gasteiger charge is 1.96. The van der Waals surface area contributed by atoms with Crippen LogP contribution in [0.1, 0.15) is 136 Å². The van der Waals surface area contributed by atoms with Gasteiger partial charge in [0.25, 0.3) is 0 Å². The third-order valence-corrected chi connectivity index (χ3v) is 5.13. The Bertz CT molecular complexity index is 257. The van der Waals surface area contributed by atoms with E-state index in [0.29, 0.717) is 0 Å². The summed E-state index contributed by atoms with van der Waals surface area (Å²) in [5, 5.41) is 9.20. The molecular weight excluding hydrogens is 304 g/mol. The van der Waals surface area contributed by atoms with E-state index in [1.54, 1.807) is 0 Å². The van der Waals surface area contributed by atoms with Crippen LogP contribution in [0.5, 0.6) is 0 Å². The summed E-state index contributed by atoms with van der Waals surface area (Å²) in [4.78, 5) is 0. The molecule has 0 spiro atoms. The summed E-state index contributed by atoms with van der Waals surface area (Å²) in [6, 6.07) is 0. The molecule has 0 amide bonds. The molecule has 0 aliphatic carbocycles. The molecule has 1 atom stereocenters. The van der Waals surface area contributed by atoms with E-state index in [4.69, 9.17) is 0 Å². The fourth-order valence-electron chi connectivity index (χ4n) is 3.39. The van der Waals surface area contributed by atoms with Gasteiger partial charge in [0.05, 0.1) is 6.10 Å². The zero-order chi connectivity index (χ0) is 18.4. The van der Waals surface area contributed by atoms with Crippen molar-refractivity contribution in [2.45, 2.75) is 142 Å². The zero-order valence-electron chi connectivity index (χ0n) is 17.6. The summed E-state index contributed by atoms with van der Waals surface area (Å²) in [5.74, 6) is 0. The van der Waals surface area contributed by atoms with E-state index in [1.165, 1.54) is 116 Å². The van der Waals surface area contributed by atoms with E-state index in [-0.39, 0.29) is 6.10 Å². The first-order chi connectivity index (χ1) is 12.3. The topological polar surface area (TPSA) is 20.2 Å². The molecule has 0 aromatic carbocycles. The van der Waals surface area contributed by atoms with Crippen LogP contribution in [0.4, 0.5) is 0 Å². The summed E-state index contributed by atoms with van der Waals surface area (Å²) in [6.07, 6.45) is 30.5. The number of hydrogen-bond donors (Lipinski definition) is 1. The Morgan fingerprint density at radius 2 is 0.920 bits per heavy atom. The lowest BCUT2D eigenvalue weighted by Gasteiger charge is -2.04. The molecule has 25 heavy (non-hydrogen) atoms. The minimum absolute atomic E-state index is 0.106. The Labute approximate surface area is 159 Å². The molecular formula is C24H48O. The lowest BCUT2D eigenvalue weighted by molar-refractivity contribution is 0.180. The number of rotatable bonds is 20. The standard InChI is InChI=1S/C24H48O/c1-3-4-5-6-7-8-9-10-11-12-13-14-15-16-17-18-19-20-21-22-23-24(2)25/h10-11,24-25H,3-9,12-23H2,1-2H3/b11-10+. The quantitative estimate of drug-likeness (QED) is 0.172. The van der Waals surface area contributed by atoms with E-state index in [0.717, 1.165) is 6.42 Å². The predicted octanol–water partition coefficient (Wildman–Crippen LogP) is 8.36. The molecule has 0 aliphatic heterocycles. The van der Waals surface area contributed by atoms with Gasteiger partial charge in [0, 0.05) is 0 Å². The molecule has 0 aromatic heterocycles. The Hall–Kier alpha value is -0.300. The summed E-state index contributed by atoms with van der Waals surface area (Å²) in [6.45, 7) is 4.18. The SMILES string of the molecule is CCCCCCCC/C=C/CCCCCCCCCCCCC(C)O. The van der Waals surface area contributed by atoms with Gasteiger partial charge in [-0.25, -0.2) is 0 Å². The minimum atomic E-state index is -0.106. The smallest absolute Gasteiger partial charge is 0.0512 e. The van der Waals surface area contributed by atoms with Gasteiger partial charge in [0.2, 0.25) is 0 Å². The van der Waals surface area contributed by atoms with Crippen LogP contribution in [-0.4, -0.2) is 11.2 Å². The second-order valence-electron chi connectivity index (χ2n) is 7.99. The zero-order valence-corrected chi connectivity index (χ0v) is 17.6.